The van der Waals surface area contributed by atoms with E-state index in [0.29, 0.717) is 0 Å². The van der Waals surface area contributed by atoms with Crippen LogP contribution in [0, 0.1) is 28.1 Å². The van der Waals surface area contributed by atoms with Crippen LogP contribution in [0.5, 0.6) is 0 Å². The van der Waals surface area contributed by atoms with E-state index in [1.54, 1.807) is 0 Å². The maximum absolute atomic E-state index is 9.27. The predicted molar refractivity (Wildman–Crippen MR) is 73.7 cm³/mol. The molecule has 0 atom stereocenters. The maximum Gasteiger partial charge on any atom is 0.143 e. The monoisotopic (exact) mass is 246 g/mol. The Morgan fingerprint density at radius 2 is 0.778 bits per heavy atom. The molecule has 2 heteroatoms. The molecule has 0 bridgehead atoms. The zero-order valence-electron chi connectivity index (χ0n) is 11.6. The zero-order valence-corrected chi connectivity index (χ0v) is 11.6. The minimum Gasteiger partial charge on any atom is -0.197 e. The van der Waals surface area contributed by atoms with Crippen molar-refractivity contribution in [1.82, 2.24) is 0 Å². The van der Waals surface area contributed by atoms with Gasteiger partial charge in [0.1, 0.15) is 5.41 Å². The van der Waals surface area contributed by atoms with Gasteiger partial charge >= 0.3 is 0 Å². The standard InChI is InChI=1S/C16H26N2/c17-14-16(15-18)12-10-8-6-4-2-1-3-5-7-9-11-13-16/h1-13H2. The lowest BCUT2D eigenvalue weighted by molar-refractivity contribution is 0.386. The van der Waals surface area contributed by atoms with Crippen molar-refractivity contribution in [3.8, 4) is 12.1 Å². The minimum atomic E-state index is -0.690. The van der Waals surface area contributed by atoms with Gasteiger partial charge in [0.25, 0.3) is 0 Å². The van der Waals surface area contributed by atoms with E-state index in [1.807, 2.05) is 0 Å². The lowest BCUT2D eigenvalue weighted by Gasteiger charge is -2.18. The Balaban J connectivity index is 2.44. The van der Waals surface area contributed by atoms with Crippen molar-refractivity contribution in [2.24, 2.45) is 5.41 Å². The molecule has 1 rings (SSSR count). The van der Waals surface area contributed by atoms with Gasteiger partial charge < -0.3 is 0 Å². The molecular weight excluding hydrogens is 220 g/mol. The second-order valence-corrected chi connectivity index (χ2v) is 5.69. The van der Waals surface area contributed by atoms with Gasteiger partial charge in [0.2, 0.25) is 0 Å². The van der Waals surface area contributed by atoms with Crippen molar-refractivity contribution >= 4 is 0 Å². The molecule has 2 nitrogen and oxygen atoms in total. The highest BCUT2D eigenvalue weighted by molar-refractivity contribution is 5.13. The molecule has 1 saturated carbocycles. The topological polar surface area (TPSA) is 47.6 Å². The van der Waals surface area contributed by atoms with E-state index >= 15 is 0 Å². The summed E-state index contributed by atoms with van der Waals surface area (Å²) in [4.78, 5) is 0. The highest BCUT2D eigenvalue weighted by atomic mass is 14.4. The molecule has 0 heterocycles. The molecule has 18 heavy (non-hydrogen) atoms. The average molecular weight is 246 g/mol. The van der Waals surface area contributed by atoms with Gasteiger partial charge in [-0.1, -0.05) is 70.6 Å². The van der Waals surface area contributed by atoms with Crippen LogP contribution in [0.2, 0.25) is 0 Å². The molecule has 0 aromatic carbocycles. The molecule has 1 fully saturated rings. The molecule has 0 amide bonds. The van der Waals surface area contributed by atoms with Crippen molar-refractivity contribution in [3.05, 3.63) is 0 Å². The second kappa shape index (κ2) is 8.98. The first-order valence-electron chi connectivity index (χ1n) is 7.65. The Hall–Kier alpha value is -1.02. The van der Waals surface area contributed by atoms with Crippen molar-refractivity contribution in [2.75, 3.05) is 0 Å². The molecule has 1 aliphatic carbocycles. The fourth-order valence-corrected chi connectivity index (χ4v) is 2.82. The molecular formula is C16H26N2. The van der Waals surface area contributed by atoms with E-state index in [4.69, 9.17) is 0 Å². The van der Waals surface area contributed by atoms with E-state index in [-0.39, 0.29) is 0 Å². The number of nitriles is 2. The summed E-state index contributed by atoms with van der Waals surface area (Å²) in [6.45, 7) is 0. The number of hydrogen-bond acceptors (Lipinski definition) is 2. The smallest absolute Gasteiger partial charge is 0.143 e. The summed E-state index contributed by atoms with van der Waals surface area (Å²) in [5, 5.41) is 18.5. The van der Waals surface area contributed by atoms with E-state index in [2.05, 4.69) is 12.1 Å². The summed E-state index contributed by atoms with van der Waals surface area (Å²) in [6, 6.07) is 4.57. The molecule has 1 aliphatic rings. The van der Waals surface area contributed by atoms with Crippen molar-refractivity contribution < 1.29 is 0 Å². The third kappa shape index (κ3) is 5.54. The SMILES string of the molecule is N#CC1(C#N)CCCCCCCCCCCCC1. The van der Waals surface area contributed by atoms with E-state index in [9.17, 15) is 10.5 Å². The Bertz CT molecular complexity index is 265. The maximum atomic E-state index is 9.27. The summed E-state index contributed by atoms with van der Waals surface area (Å²) in [5.41, 5.74) is -0.690. The summed E-state index contributed by atoms with van der Waals surface area (Å²) < 4.78 is 0. The quantitative estimate of drug-likeness (QED) is 0.596. The normalized spacial score (nSPS) is 23.2. The molecule has 0 N–H and O–H groups in total. The number of rotatable bonds is 0. The minimum absolute atomic E-state index is 0.690. The predicted octanol–water partition coefficient (Wildman–Crippen LogP) is 5.10. The molecule has 0 aromatic rings. The van der Waals surface area contributed by atoms with Gasteiger partial charge in [-0.3, -0.25) is 0 Å². The van der Waals surface area contributed by atoms with Crippen LogP contribution in [0.25, 0.3) is 0 Å². The summed E-state index contributed by atoms with van der Waals surface area (Å²) in [5.74, 6) is 0. The van der Waals surface area contributed by atoms with Gasteiger partial charge in [-0.25, -0.2) is 0 Å². The van der Waals surface area contributed by atoms with Gasteiger partial charge in [0.05, 0.1) is 12.1 Å². The third-order valence-corrected chi connectivity index (χ3v) is 4.14. The highest BCUT2D eigenvalue weighted by Crippen LogP contribution is 2.31. The fraction of sp³-hybridized carbons (Fsp3) is 0.875. The van der Waals surface area contributed by atoms with Gasteiger partial charge in [0.15, 0.2) is 0 Å². The molecule has 0 aromatic heterocycles. The molecule has 100 valence electrons. The van der Waals surface area contributed by atoms with E-state index < -0.39 is 5.41 Å². The molecule has 0 spiro atoms. The Morgan fingerprint density at radius 1 is 0.500 bits per heavy atom. The van der Waals surface area contributed by atoms with Gasteiger partial charge in [-0.2, -0.15) is 10.5 Å². The highest BCUT2D eigenvalue weighted by Gasteiger charge is 2.28. The van der Waals surface area contributed by atoms with Gasteiger partial charge in [0, 0.05) is 0 Å². The van der Waals surface area contributed by atoms with Crippen LogP contribution in [0.4, 0.5) is 0 Å². The number of nitrogens with zero attached hydrogens (tertiary/aromatic N) is 2. The largest absolute Gasteiger partial charge is 0.197 e. The van der Waals surface area contributed by atoms with Crippen LogP contribution in [-0.2, 0) is 0 Å². The average Bonchev–Trinajstić information content (AvgIpc) is 2.41. The summed E-state index contributed by atoms with van der Waals surface area (Å²) in [7, 11) is 0. The van der Waals surface area contributed by atoms with Crippen LogP contribution in [0.15, 0.2) is 0 Å². The van der Waals surface area contributed by atoms with Crippen molar-refractivity contribution in [2.45, 2.75) is 83.5 Å². The summed E-state index contributed by atoms with van der Waals surface area (Å²) >= 11 is 0. The summed E-state index contributed by atoms with van der Waals surface area (Å²) in [6.07, 6.45) is 15.3. The van der Waals surface area contributed by atoms with Crippen LogP contribution in [-0.4, -0.2) is 0 Å². The van der Waals surface area contributed by atoms with Crippen LogP contribution in [0.3, 0.4) is 0 Å². The zero-order chi connectivity index (χ0) is 13.1. The lowest BCUT2D eigenvalue weighted by atomic mass is 9.80. The molecule has 0 aliphatic heterocycles. The van der Waals surface area contributed by atoms with Crippen LogP contribution < -0.4 is 0 Å². The first kappa shape index (κ1) is 15.0. The first-order chi connectivity index (χ1) is 8.83. The van der Waals surface area contributed by atoms with Gasteiger partial charge in [-0.05, 0) is 12.8 Å². The molecule has 0 unspecified atom stereocenters. The van der Waals surface area contributed by atoms with Crippen molar-refractivity contribution in [3.63, 3.8) is 0 Å². The third-order valence-electron chi connectivity index (χ3n) is 4.14. The molecule has 0 radical (unpaired) electrons. The van der Waals surface area contributed by atoms with Crippen LogP contribution >= 0.6 is 0 Å². The Kier molecular flexibility index (Phi) is 7.51. The Labute approximate surface area is 112 Å². The van der Waals surface area contributed by atoms with Crippen LogP contribution in [0.1, 0.15) is 83.5 Å². The number of hydrogen-bond donors (Lipinski definition) is 0. The molecule has 0 saturated heterocycles. The lowest BCUT2D eigenvalue weighted by Crippen LogP contribution is -2.16. The second-order valence-electron chi connectivity index (χ2n) is 5.69. The first-order valence-corrected chi connectivity index (χ1v) is 7.65. The Morgan fingerprint density at radius 3 is 1.06 bits per heavy atom. The van der Waals surface area contributed by atoms with E-state index in [1.165, 1.54) is 57.8 Å². The van der Waals surface area contributed by atoms with Crippen molar-refractivity contribution in [1.29, 1.82) is 10.5 Å². The van der Waals surface area contributed by atoms with E-state index in [0.717, 1.165) is 25.7 Å². The van der Waals surface area contributed by atoms with Gasteiger partial charge in [-0.15, -0.1) is 0 Å². The fourth-order valence-electron chi connectivity index (χ4n) is 2.82.